The second-order valence-electron chi connectivity index (χ2n) is 1.84. The van der Waals surface area contributed by atoms with Crippen molar-refractivity contribution in [1.82, 2.24) is 0 Å². The van der Waals surface area contributed by atoms with Crippen molar-refractivity contribution in [2.75, 3.05) is 0 Å². The van der Waals surface area contributed by atoms with Gasteiger partial charge >= 0.3 is 59.2 Å². The number of rotatable bonds is 1. The van der Waals surface area contributed by atoms with Gasteiger partial charge in [0.05, 0.1) is 0 Å². The quantitative estimate of drug-likeness (QED) is 0.426. The van der Waals surface area contributed by atoms with Crippen molar-refractivity contribution in [3.63, 3.8) is 0 Å². The third-order valence-electron chi connectivity index (χ3n) is 1.25. The Labute approximate surface area is 59.6 Å². The summed E-state index contributed by atoms with van der Waals surface area (Å²) in [6.45, 7) is 0. The van der Waals surface area contributed by atoms with Crippen LogP contribution in [0.5, 0.6) is 0 Å². The Hall–Kier alpha value is -0.118. The fourth-order valence-electron chi connectivity index (χ4n) is 0.714. The molecule has 0 heterocycles. The van der Waals surface area contributed by atoms with E-state index in [1.54, 1.807) is 0 Å². The molecule has 0 aliphatic rings. The maximum absolute atomic E-state index is 2.16. The molecule has 1 aromatic carbocycles. The topological polar surface area (TPSA) is 0 Å². The van der Waals surface area contributed by atoms with Gasteiger partial charge in [0, 0.05) is 0 Å². The summed E-state index contributed by atoms with van der Waals surface area (Å²) in [5.41, 5.74) is 1.41. The molecule has 0 aliphatic heterocycles. The maximum atomic E-state index is 2.16. The van der Waals surface area contributed by atoms with Gasteiger partial charge in [-0.1, -0.05) is 0 Å². The van der Waals surface area contributed by atoms with Crippen LogP contribution in [0.3, 0.4) is 0 Å². The Kier molecular flexibility index (Phi) is 2.27. The first-order chi connectivity index (χ1) is 3.93. The van der Waals surface area contributed by atoms with Crippen molar-refractivity contribution >= 4 is 28.8 Å². The van der Waals surface area contributed by atoms with Gasteiger partial charge < -0.3 is 0 Å². The van der Waals surface area contributed by atoms with Crippen molar-refractivity contribution in [2.24, 2.45) is 0 Å². The van der Waals surface area contributed by atoms with E-state index in [1.807, 2.05) is 6.07 Å². The van der Waals surface area contributed by atoms with Crippen LogP contribution in [-0.2, 0) is 0 Å². The minimum absolute atomic E-state index is 1.14. The monoisotopic (exact) mass is 96.1 g/mol. The summed E-state index contributed by atoms with van der Waals surface area (Å²) in [6.07, 6.45) is 0. The van der Waals surface area contributed by atoms with Crippen molar-refractivity contribution in [1.29, 1.82) is 0 Å². The molecule has 0 radical (unpaired) electrons. The van der Waals surface area contributed by atoms with E-state index in [2.05, 4.69) is 41.8 Å². The van der Waals surface area contributed by atoms with Crippen LogP contribution >= 0.6 is 0 Å². The van der Waals surface area contributed by atoms with Crippen LogP contribution in [0, 0.1) is 0 Å². The molecule has 8 heavy (non-hydrogen) atoms. The Morgan fingerprint density at radius 3 is 2.12 bits per heavy atom. The summed E-state index contributed by atoms with van der Waals surface area (Å²) >= 11 is 2.16. The molecule has 0 bridgehead atoms. The van der Waals surface area contributed by atoms with Crippen molar-refractivity contribution in [2.45, 2.75) is 0 Å². The van der Waals surface area contributed by atoms with Crippen LogP contribution in [0.15, 0.2) is 30.3 Å². The van der Waals surface area contributed by atoms with Crippen molar-refractivity contribution in [3.8, 4) is 0 Å². The van der Waals surface area contributed by atoms with Gasteiger partial charge in [0.25, 0.3) is 0 Å². The zero-order chi connectivity index (χ0) is 5.82. The molecule has 1 aromatic rings. The van der Waals surface area contributed by atoms with Crippen LogP contribution in [0.1, 0.15) is 0 Å². The zero-order valence-corrected chi connectivity index (χ0v) is 5.09. The van der Waals surface area contributed by atoms with Crippen LogP contribution in [0.25, 0.3) is 0 Å². The molecule has 0 saturated heterocycles. The average molecular weight is 95.9 g/mol. The van der Waals surface area contributed by atoms with Crippen LogP contribution in [0.4, 0.5) is 0 Å². The Morgan fingerprint density at radius 1 is 1.12 bits per heavy atom. The van der Waals surface area contributed by atoms with E-state index < -0.39 is 0 Å². The second-order valence-corrected chi connectivity index (χ2v) is 1.84. The molecule has 2 heteroatoms. The van der Waals surface area contributed by atoms with Gasteiger partial charge in [-0.3, -0.25) is 0 Å². The van der Waals surface area contributed by atoms with E-state index in [4.69, 9.17) is 0 Å². The standard InChI is InChI=1S/C6H6B.Li/c7-6-4-2-1-3-5-6;/h1-5,7H;/q+1;-1. The van der Waals surface area contributed by atoms with E-state index in [9.17, 15) is 0 Å². The van der Waals surface area contributed by atoms with Crippen molar-refractivity contribution < 1.29 is 0 Å². The molecule has 0 N–H and O–H groups in total. The average Bonchev–Trinajstić information content (AvgIpc) is 1.90. The third-order valence-corrected chi connectivity index (χ3v) is 1.25. The Bertz CT molecular complexity index is 150. The zero-order valence-electron chi connectivity index (χ0n) is 5.09. The number of benzene rings is 1. The van der Waals surface area contributed by atoms with Gasteiger partial charge in [0.1, 0.15) is 0 Å². The molecule has 0 aromatic heterocycles. The predicted octanol–water partition coefficient (Wildman–Crippen LogP) is -0.168. The first kappa shape index (κ1) is 6.01. The third kappa shape index (κ3) is 1.44. The fraction of sp³-hybridized carbons (Fsp3) is 0. The summed E-state index contributed by atoms with van der Waals surface area (Å²) in [5.74, 6) is 1.14. The molecule has 0 aliphatic carbocycles. The number of hydrogen-bond acceptors (Lipinski definition) is 0. The van der Waals surface area contributed by atoms with Crippen LogP contribution in [0.2, 0.25) is 0 Å². The summed E-state index contributed by atoms with van der Waals surface area (Å²) in [5, 5.41) is 0. The molecular formula is C6H6BLi. The van der Waals surface area contributed by atoms with Gasteiger partial charge in [-0.25, -0.2) is 0 Å². The first-order valence-electron chi connectivity index (χ1n) is 2.97. The summed E-state index contributed by atoms with van der Waals surface area (Å²) in [4.78, 5) is 0. The molecule has 0 atom stereocenters. The Morgan fingerprint density at radius 2 is 1.75 bits per heavy atom. The predicted molar refractivity (Wildman–Crippen MR) is 39.0 cm³/mol. The molecular weight excluding hydrogens is 89.8 g/mol. The second kappa shape index (κ2) is 3.02. The van der Waals surface area contributed by atoms with Gasteiger partial charge in [-0.15, -0.1) is 0 Å². The van der Waals surface area contributed by atoms with Crippen LogP contribution in [-0.4, -0.2) is 23.4 Å². The van der Waals surface area contributed by atoms with E-state index >= 15 is 0 Å². The molecule has 0 nitrogen and oxygen atoms in total. The normalized spacial score (nSPS) is 8.75. The summed E-state index contributed by atoms with van der Waals surface area (Å²) in [6, 6.07) is 10.5. The molecule has 0 saturated carbocycles. The molecule has 34 valence electrons. The van der Waals surface area contributed by atoms with E-state index in [1.165, 1.54) is 5.46 Å². The molecule has 1 rings (SSSR count). The van der Waals surface area contributed by atoms with Gasteiger partial charge in [-0.2, -0.15) is 0 Å². The first-order valence-corrected chi connectivity index (χ1v) is 2.97. The van der Waals surface area contributed by atoms with Crippen LogP contribution < -0.4 is 5.46 Å². The van der Waals surface area contributed by atoms with Gasteiger partial charge in [0.2, 0.25) is 0 Å². The fourth-order valence-corrected chi connectivity index (χ4v) is 0.714. The molecule has 0 spiro atoms. The van der Waals surface area contributed by atoms with Crippen molar-refractivity contribution in [3.05, 3.63) is 30.3 Å². The molecule has 0 amide bonds. The number of hydrogen-bond donors (Lipinski definition) is 0. The molecule has 0 unspecified atom stereocenters. The molecule has 0 fully saturated rings. The van der Waals surface area contributed by atoms with E-state index in [0.29, 0.717) is 0 Å². The van der Waals surface area contributed by atoms with Gasteiger partial charge in [-0.05, 0) is 0 Å². The van der Waals surface area contributed by atoms with Gasteiger partial charge in [0.15, 0.2) is 0 Å². The summed E-state index contributed by atoms with van der Waals surface area (Å²) in [7, 11) is 0. The summed E-state index contributed by atoms with van der Waals surface area (Å²) < 4.78 is 0. The minimum atomic E-state index is 1.14. The Balaban J connectivity index is 2.83. The van der Waals surface area contributed by atoms with E-state index in [0.717, 1.165) is 5.85 Å². The van der Waals surface area contributed by atoms with E-state index in [-0.39, 0.29) is 0 Å². The SMILES string of the molecule is [Li][BH]c1ccccc1.